The van der Waals surface area contributed by atoms with Crippen LogP contribution in [0.25, 0.3) is 0 Å². The summed E-state index contributed by atoms with van der Waals surface area (Å²) in [5, 5.41) is 3.51. The summed E-state index contributed by atoms with van der Waals surface area (Å²) < 4.78 is 0. The molecule has 0 aromatic heterocycles. The van der Waals surface area contributed by atoms with E-state index in [0.29, 0.717) is 31.9 Å². The molecule has 2 aliphatic heterocycles. The molecule has 1 fully saturated rings. The van der Waals surface area contributed by atoms with E-state index < -0.39 is 23.1 Å². The SMILES string of the molecule is O=C1CC2(C(=O)N1)C(=O)N(Cc1ccc(Cl)cc1Cl)c1ccc(Cl)cc12. The molecule has 1 saturated heterocycles. The van der Waals surface area contributed by atoms with Crippen molar-refractivity contribution in [1.29, 1.82) is 0 Å². The van der Waals surface area contributed by atoms with Crippen molar-refractivity contribution >= 4 is 58.2 Å². The minimum atomic E-state index is -1.57. The third kappa shape index (κ3) is 2.42. The van der Waals surface area contributed by atoms with Crippen molar-refractivity contribution in [3.8, 4) is 0 Å². The van der Waals surface area contributed by atoms with E-state index >= 15 is 0 Å². The largest absolute Gasteiger partial charge is 0.306 e. The molecule has 8 heteroatoms. The molecule has 5 nitrogen and oxygen atoms in total. The molecular weight excluding hydrogens is 399 g/mol. The van der Waals surface area contributed by atoms with Crippen LogP contribution in [-0.2, 0) is 26.3 Å². The molecule has 4 rings (SSSR count). The van der Waals surface area contributed by atoms with Crippen LogP contribution >= 0.6 is 34.8 Å². The zero-order valence-corrected chi connectivity index (χ0v) is 15.5. The zero-order valence-electron chi connectivity index (χ0n) is 13.2. The Labute approximate surface area is 163 Å². The van der Waals surface area contributed by atoms with Gasteiger partial charge in [0.05, 0.1) is 13.0 Å². The molecule has 2 aromatic carbocycles. The minimum Gasteiger partial charge on any atom is -0.306 e. The third-order valence-electron chi connectivity index (χ3n) is 4.73. The lowest BCUT2D eigenvalue weighted by molar-refractivity contribution is -0.133. The molecule has 0 aliphatic carbocycles. The van der Waals surface area contributed by atoms with Gasteiger partial charge in [-0.3, -0.25) is 19.7 Å². The Morgan fingerprint density at radius 2 is 1.69 bits per heavy atom. The quantitative estimate of drug-likeness (QED) is 0.610. The fourth-order valence-corrected chi connectivity index (χ4v) is 4.15. The number of amides is 3. The van der Waals surface area contributed by atoms with E-state index in [9.17, 15) is 14.4 Å². The molecule has 1 atom stereocenters. The van der Waals surface area contributed by atoms with Crippen LogP contribution in [0.2, 0.25) is 15.1 Å². The predicted octanol–water partition coefficient (Wildman–Crippen LogP) is 3.48. The summed E-state index contributed by atoms with van der Waals surface area (Å²) >= 11 is 18.2. The third-order valence-corrected chi connectivity index (χ3v) is 5.55. The summed E-state index contributed by atoms with van der Waals surface area (Å²) in [6.45, 7) is 0.146. The number of rotatable bonds is 2. The number of anilines is 1. The smallest absolute Gasteiger partial charge is 0.248 e. The first-order valence-corrected chi connectivity index (χ1v) is 8.86. The summed E-state index contributed by atoms with van der Waals surface area (Å²) in [6.07, 6.45) is -0.233. The van der Waals surface area contributed by atoms with Crippen LogP contribution in [0, 0.1) is 0 Å². The Bertz CT molecular complexity index is 992. The summed E-state index contributed by atoms with van der Waals surface area (Å²) in [5.41, 5.74) is 0.0711. The van der Waals surface area contributed by atoms with E-state index in [1.54, 1.807) is 36.4 Å². The molecule has 0 radical (unpaired) electrons. The number of nitrogens with zero attached hydrogens (tertiary/aromatic N) is 1. The Morgan fingerprint density at radius 1 is 1.00 bits per heavy atom. The second-order valence-corrected chi connectivity index (χ2v) is 7.53. The highest BCUT2D eigenvalue weighted by Crippen LogP contribution is 2.48. The van der Waals surface area contributed by atoms with Crippen LogP contribution in [0.3, 0.4) is 0 Å². The van der Waals surface area contributed by atoms with Gasteiger partial charge in [0.2, 0.25) is 17.7 Å². The van der Waals surface area contributed by atoms with Gasteiger partial charge in [-0.25, -0.2) is 0 Å². The average molecular weight is 410 g/mol. The number of hydrogen-bond donors (Lipinski definition) is 1. The molecule has 0 bridgehead atoms. The molecule has 2 aliphatic rings. The van der Waals surface area contributed by atoms with Crippen LogP contribution in [-0.4, -0.2) is 17.7 Å². The topological polar surface area (TPSA) is 66.5 Å². The summed E-state index contributed by atoms with van der Waals surface area (Å²) in [4.78, 5) is 39.1. The summed E-state index contributed by atoms with van der Waals surface area (Å²) in [5.74, 6) is -1.58. The molecule has 26 heavy (non-hydrogen) atoms. The van der Waals surface area contributed by atoms with Gasteiger partial charge in [-0.05, 0) is 35.9 Å². The number of fused-ring (bicyclic) bond motifs is 2. The zero-order chi connectivity index (χ0) is 18.6. The van der Waals surface area contributed by atoms with Gasteiger partial charge >= 0.3 is 0 Å². The number of carbonyl (C=O) groups is 3. The van der Waals surface area contributed by atoms with Crippen LogP contribution in [0.1, 0.15) is 17.5 Å². The average Bonchev–Trinajstić information content (AvgIpc) is 2.99. The van der Waals surface area contributed by atoms with Gasteiger partial charge in [0.25, 0.3) is 0 Å². The Hall–Kier alpha value is -2.08. The number of hydrogen-bond acceptors (Lipinski definition) is 3. The monoisotopic (exact) mass is 408 g/mol. The van der Waals surface area contributed by atoms with Crippen molar-refractivity contribution in [2.75, 3.05) is 4.90 Å². The standard InChI is InChI=1S/C18H11Cl3N2O3/c19-10-3-4-14-12(5-10)18(7-15(24)22-16(18)25)17(26)23(14)8-9-1-2-11(20)6-13(9)21/h1-6H,7-8H2,(H,22,24,25). The summed E-state index contributed by atoms with van der Waals surface area (Å²) in [6, 6.07) is 9.86. The van der Waals surface area contributed by atoms with Crippen molar-refractivity contribution in [2.24, 2.45) is 0 Å². The van der Waals surface area contributed by atoms with E-state index in [2.05, 4.69) is 5.32 Å². The van der Waals surface area contributed by atoms with Crippen LogP contribution < -0.4 is 10.2 Å². The van der Waals surface area contributed by atoms with Crippen molar-refractivity contribution in [1.82, 2.24) is 5.32 Å². The van der Waals surface area contributed by atoms with Crippen LogP contribution in [0.4, 0.5) is 5.69 Å². The van der Waals surface area contributed by atoms with Crippen LogP contribution in [0.5, 0.6) is 0 Å². The number of halogens is 3. The second-order valence-electron chi connectivity index (χ2n) is 6.25. The van der Waals surface area contributed by atoms with Crippen molar-refractivity contribution < 1.29 is 14.4 Å². The van der Waals surface area contributed by atoms with Gasteiger partial charge in [-0.15, -0.1) is 0 Å². The van der Waals surface area contributed by atoms with Gasteiger partial charge < -0.3 is 4.90 Å². The predicted molar refractivity (Wildman–Crippen MR) is 98.5 cm³/mol. The first-order valence-electron chi connectivity index (χ1n) is 7.73. The first kappa shape index (κ1) is 17.3. The highest BCUT2D eigenvalue weighted by Gasteiger charge is 2.61. The van der Waals surface area contributed by atoms with E-state index in [4.69, 9.17) is 34.8 Å². The maximum atomic E-state index is 13.2. The fourth-order valence-electron chi connectivity index (χ4n) is 3.51. The Kier molecular flexibility index (Phi) is 3.99. The molecule has 0 saturated carbocycles. The van der Waals surface area contributed by atoms with E-state index in [0.717, 1.165) is 0 Å². The van der Waals surface area contributed by atoms with Crippen LogP contribution in [0.15, 0.2) is 36.4 Å². The number of carbonyl (C=O) groups excluding carboxylic acids is 3. The molecule has 3 amide bonds. The molecule has 1 unspecified atom stereocenters. The maximum Gasteiger partial charge on any atom is 0.248 e. The Morgan fingerprint density at radius 3 is 2.35 bits per heavy atom. The van der Waals surface area contributed by atoms with Crippen molar-refractivity contribution in [3.63, 3.8) is 0 Å². The maximum absolute atomic E-state index is 13.2. The van der Waals surface area contributed by atoms with Crippen molar-refractivity contribution in [3.05, 3.63) is 62.6 Å². The number of benzene rings is 2. The lowest BCUT2D eigenvalue weighted by Crippen LogP contribution is -2.45. The highest BCUT2D eigenvalue weighted by molar-refractivity contribution is 6.35. The van der Waals surface area contributed by atoms with E-state index in [-0.39, 0.29) is 13.0 Å². The normalized spacial score (nSPS) is 21.5. The van der Waals surface area contributed by atoms with Crippen molar-refractivity contribution in [2.45, 2.75) is 18.4 Å². The molecule has 1 N–H and O–H groups in total. The molecule has 1 spiro atoms. The van der Waals surface area contributed by atoms with Gasteiger partial charge in [0.15, 0.2) is 5.41 Å². The second kappa shape index (κ2) is 5.98. The summed E-state index contributed by atoms with van der Waals surface area (Å²) in [7, 11) is 0. The minimum absolute atomic E-state index is 0.146. The lowest BCUT2D eigenvalue weighted by atomic mass is 9.80. The molecular formula is C18H11Cl3N2O3. The van der Waals surface area contributed by atoms with Gasteiger partial charge in [-0.2, -0.15) is 0 Å². The number of nitrogens with one attached hydrogen (secondary N) is 1. The van der Waals surface area contributed by atoms with E-state index in [1.807, 2.05) is 0 Å². The fraction of sp³-hybridized carbons (Fsp3) is 0.167. The van der Waals surface area contributed by atoms with Gasteiger partial charge in [-0.1, -0.05) is 40.9 Å². The van der Waals surface area contributed by atoms with E-state index in [1.165, 1.54) is 4.90 Å². The Balaban J connectivity index is 1.84. The first-order chi connectivity index (χ1) is 12.3. The molecule has 132 valence electrons. The van der Waals surface area contributed by atoms with Gasteiger partial charge in [0.1, 0.15) is 0 Å². The molecule has 2 heterocycles. The highest BCUT2D eigenvalue weighted by atomic mass is 35.5. The lowest BCUT2D eigenvalue weighted by Gasteiger charge is -2.21. The van der Waals surface area contributed by atoms with Gasteiger partial charge in [0, 0.05) is 26.3 Å². The molecule has 2 aromatic rings. The number of imide groups is 1.